The lowest BCUT2D eigenvalue weighted by Gasteiger charge is -2.44. The predicted molar refractivity (Wildman–Crippen MR) is 130 cm³/mol. The van der Waals surface area contributed by atoms with Gasteiger partial charge < -0.3 is 10.7 Å². The molecule has 2 aromatic rings. The van der Waals surface area contributed by atoms with Crippen molar-refractivity contribution < 1.29 is 0 Å². The second kappa shape index (κ2) is 8.18. The molecular weight excluding hydrogens is 370 g/mol. The number of pyridine rings is 1. The summed E-state index contributed by atoms with van der Waals surface area (Å²) in [5, 5.41) is 2.91. The molecule has 162 valence electrons. The lowest BCUT2D eigenvalue weighted by atomic mass is 9.62. The Morgan fingerprint density at radius 3 is 2.31 bits per heavy atom. The fourth-order valence-corrected chi connectivity index (χ4v) is 7.06. The van der Waals surface area contributed by atoms with Crippen molar-refractivity contribution in [3.05, 3.63) is 22.9 Å². The van der Waals surface area contributed by atoms with Crippen LogP contribution in [0.1, 0.15) is 81.9 Å². The largest absolute Gasteiger partial charge is 0.347 e. The molecule has 0 aliphatic heterocycles. The van der Waals surface area contributed by atoms with E-state index in [0.717, 1.165) is 12.1 Å². The minimum absolute atomic E-state index is 0.149. The van der Waals surface area contributed by atoms with E-state index in [1.54, 1.807) is 5.56 Å². The van der Waals surface area contributed by atoms with Gasteiger partial charge in [-0.25, -0.2) is 4.98 Å². The number of aromatic nitrogens is 2. The minimum atomic E-state index is -1.57. The topological polar surface area (TPSA) is 54.7 Å². The molecular formula is C25H43N3Si. The molecule has 0 aromatic carbocycles. The fourth-order valence-electron chi connectivity index (χ4n) is 5.46. The Labute approximate surface area is 179 Å². The van der Waals surface area contributed by atoms with Crippen LogP contribution >= 0.6 is 0 Å². The highest BCUT2D eigenvalue weighted by Crippen LogP contribution is 2.48. The van der Waals surface area contributed by atoms with Gasteiger partial charge in [-0.05, 0) is 60.6 Å². The predicted octanol–water partition coefficient (Wildman–Crippen LogP) is 6.15. The van der Waals surface area contributed by atoms with Crippen molar-refractivity contribution in [3.8, 4) is 0 Å². The molecule has 2 aromatic heterocycles. The fraction of sp³-hybridized carbons (Fsp3) is 0.720. The molecule has 4 heteroatoms. The van der Waals surface area contributed by atoms with Crippen LogP contribution in [0.25, 0.3) is 11.0 Å². The highest BCUT2D eigenvalue weighted by molar-refractivity contribution is 6.88. The molecule has 2 unspecified atom stereocenters. The molecule has 0 bridgehead atoms. The number of hydrogen-bond acceptors (Lipinski definition) is 2. The summed E-state index contributed by atoms with van der Waals surface area (Å²) in [4.78, 5) is 8.65. The number of nitrogens with one attached hydrogen (secondary N) is 1. The van der Waals surface area contributed by atoms with Crippen LogP contribution < -0.4 is 11.1 Å². The van der Waals surface area contributed by atoms with Gasteiger partial charge in [0.2, 0.25) is 0 Å². The monoisotopic (exact) mass is 413 g/mol. The summed E-state index contributed by atoms with van der Waals surface area (Å²) < 4.78 is 0. The van der Waals surface area contributed by atoms with Gasteiger partial charge in [-0.15, -0.1) is 0 Å². The van der Waals surface area contributed by atoms with Gasteiger partial charge in [0.15, 0.2) is 0 Å². The van der Waals surface area contributed by atoms with E-state index in [-0.39, 0.29) is 11.5 Å². The third-order valence-corrected chi connectivity index (χ3v) is 9.86. The average molecular weight is 414 g/mol. The van der Waals surface area contributed by atoms with E-state index in [4.69, 9.17) is 10.7 Å². The normalized spacial score (nSPS) is 26.6. The van der Waals surface area contributed by atoms with Gasteiger partial charge in [0.1, 0.15) is 5.65 Å². The number of H-pyrrole nitrogens is 1. The van der Waals surface area contributed by atoms with Gasteiger partial charge >= 0.3 is 0 Å². The maximum absolute atomic E-state index is 6.74. The summed E-state index contributed by atoms with van der Waals surface area (Å²) in [5.41, 5.74) is 12.2. The first-order chi connectivity index (χ1) is 13.5. The molecule has 0 spiro atoms. The van der Waals surface area contributed by atoms with E-state index in [1.165, 1.54) is 53.9 Å². The Hall–Kier alpha value is -1.13. The molecule has 3 atom stereocenters. The second-order valence-electron chi connectivity index (χ2n) is 11.3. The number of aryl methyl sites for hydroxylation is 2. The Bertz CT molecular complexity index is 859. The van der Waals surface area contributed by atoms with Gasteiger partial charge in [0.05, 0.1) is 8.07 Å². The Balaban J connectivity index is 2.28. The van der Waals surface area contributed by atoms with Crippen molar-refractivity contribution in [3.63, 3.8) is 0 Å². The molecule has 3 rings (SSSR count). The molecule has 1 aliphatic carbocycles. The smallest absolute Gasteiger partial charge is 0.137 e. The van der Waals surface area contributed by atoms with E-state index < -0.39 is 8.07 Å². The van der Waals surface area contributed by atoms with E-state index in [9.17, 15) is 0 Å². The number of rotatable bonds is 2. The Kier molecular flexibility index (Phi) is 6.36. The lowest BCUT2D eigenvalue weighted by Crippen LogP contribution is -2.46. The molecule has 0 saturated heterocycles. The van der Waals surface area contributed by atoms with E-state index in [1.807, 2.05) is 6.20 Å². The quantitative estimate of drug-likeness (QED) is 0.580. The zero-order valence-corrected chi connectivity index (χ0v) is 21.1. The van der Waals surface area contributed by atoms with Gasteiger partial charge in [-0.1, -0.05) is 66.1 Å². The molecule has 1 aliphatic rings. The average Bonchev–Trinajstić information content (AvgIpc) is 3.02. The molecule has 29 heavy (non-hydrogen) atoms. The summed E-state index contributed by atoms with van der Waals surface area (Å²) in [7, 11) is -1.57. The van der Waals surface area contributed by atoms with Crippen molar-refractivity contribution in [2.24, 2.45) is 17.1 Å². The number of aromatic amines is 1. The van der Waals surface area contributed by atoms with Crippen molar-refractivity contribution >= 4 is 24.4 Å². The standard InChI is InChI=1S/C25H43N3Si/c1-16-15-27-23-21(17(16)2)22(24(28-23)29(6,7)8)19-13-11-9-10-12-14-20(26)18(3)25(19,4)5/h15,18-20H,9-14,26H2,1-8H3,(H,27,28)/t18-,19?,20?/m0/s1. The van der Waals surface area contributed by atoms with Gasteiger partial charge in [-0.2, -0.15) is 0 Å². The Morgan fingerprint density at radius 2 is 1.69 bits per heavy atom. The van der Waals surface area contributed by atoms with Crippen LogP contribution in [0.4, 0.5) is 0 Å². The summed E-state index contributed by atoms with van der Waals surface area (Å²) in [5.74, 6) is 1.00. The number of nitrogens with zero attached hydrogens (tertiary/aromatic N) is 1. The van der Waals surface area contributed by atoms with Crippen LogP contribution in [-0.4, -0.2) is 24.1 Å². The number of nitrogens with two attached hydrogens (primary N) is 1. The summed E-state index contributed by atoms with van der Waals surface area (Å²) in [6, 6.07) is 0.284. The summed E-state index contributed by atoms with van der Waals surface area (Å²) in [6.07, 6.45) is 9.68. The van der Waals surface area contributed by atoms with E-state index >= 15 is 0 Å². The van der Waals surface area contributed by atoms with Crippen molar-refractivity contribution in [1.82, 2.24) is 9.97 Å². The molecule has 1 fully saturated rings. The van der Waals surface area contributed by atoms with E-state index in [2.05, 4.69) is 59.2 Å². The summed E-state index contributed by atoms with van der Waals surface area (Å²) >= 11 is 0. The van der Waals surface area contributed by atoms with Crippen molar-refractivity contribution in [1.29, 1.82) is 0 Å². The second-order valence-corrected chi connectivity index (χ2v) is 16.3. The first kappa shape index (κ1) is 22.5. The molecule has 3 N–H and O–H groups in total. The van der Waals surface area contributed by atoms with Crippen LogP contribution in [0.2, 0.25) is 19.6 Å². The van der Waals surface area contributed by atoms with Crippen LogP contribution in [0.3, 0.4) is 0 Å². The van der Waals surface area contributed by atoms with E-state index in [0.29, 0.717) is 11.8 Å². The van der Waals surface area contributed by atoms with Crippen LogP contribution in [0.15, 0.2) is 6.20 Å². The molecule has 0 amide bonds. The maximum atomic E-state index is 6.74. The van der Waals surface area contributed by atoms with Gasteiger partial charge in [0.25, 0.3) is 0 Å². The third-order valence-electron chi connectivity index (χ3n) is 7.97. The SMILES string of the molecule is Cc1cnc2[nH]c([Si](C)(C)C)c(C3CCCCCCC(N)[C@H](C)C3(C)C)c2c1C. The first-order valence-corrected chi connectivity index (χ1v) is 15.2. The van der Waals surface area contributed by atoms with Gasteiger partial charge in [-0.3, -0.25) is 0 Å². The zero-order chi connectivity index (χ0) is 21.6. The van der Waals surface area contributed by atoms with Crippen LogP contribution in [0, 0.1) is 25.2 Å². The van der Waals surface area contributed by atoms with Gasteiger partial charge in [0, 0.05) is 22.9 Å². The van der Waals surface area contributed by atoms with Crippen molar-refractivity contribution in [2.75, 3.05) is 0 Å². The molecule has 3 nitrogen and oxygen atoms in total. The van der Waals surface area contributed by atoms with Crippen LogP contribution in [0.5, 0.6) is 0 Å². The van der Waals surface area contributed by atoms with Crippen molar-refractivity contribution in [2.45, 2.75) is 105 Å². The highest BCUT2D eigenvalue weighted by Gasteiger charge is 2.42. The first-order valence-electron chi connectivity index (χ1n) is 11.7. The highest BCUT2D eigenvalue weighted by atomic mass is 28.3. The van der Waals surface area contributed by atoms with Crippen LogP contribution in [-0.2, 0) is 0 Å². The Morgan fingerprint density at radius 1 is 1.07 bits per heavy atom. The maximum Gasteiger partial charge on any atom is 0.137 e. The summed E-state index contributed by atoms with van der Waals surface area (Å²) in [6.45, 7) is 19.2. The zero-order valence-electron chi connectivity index (χ0n) is 20.1. The lowest BCUT2D eigenvalue weighted by molar-refractivity contribution is 0.135. The third kappa shape index (κ3) is 4.20. The molecule has 2 heterocycles. The number of hydrogen-bond donors (Lipinski definition) is 2. The molecule has 0 radical (unpaired) electrons. The minimum Gasteiger partial charge on any atom is -0.347 e. The molecule has 1 saturated carbocycles. The number of fused-ring (bicyclic) bond motifs is 1.